The molecule has 0 saturated carbocycles. The van der Waals surface area contributed by atoms with Gasteiger partial charge in [-0.3, -0.25) is 4.79 Å². The van der Waals surface area contributed by atoms with E-state index in [0.29, 0.717) is 0 Å². The summed E-state index contributed by atoms with van der Waals surface area (Å²) in [7, 11) is 0. The standard InChI is InChI=1S/C14H20O.C10H16O/c1-13(2,3)11-6-8-12(9-7-11)14(4,5)10-15;1-9(2)5-4-6-10(3)7-8-11/h6-10H,1-5H3;5,7-8H,4,6H2,1-3H3. The van der Waals surface area contributed by atoms with Crippen molar-refractivity contribution < 1.29 is 9.59 Å². The number of allylic oxidation sites excluding steroid dienone is 4. The molecule has 0 atom stereocenters. The van der Waals surface area contributed by atoms with Gasteiger partial charge in [0.05, 0.1) is 0 Å². The fraction of sp³-hybridized carbons (Fsp3) is 0.500. The Morgan fingerprint density at radius 2 is 1.38 bits per heavy atom. The summed E-state index contributed by atoms with van der Waals surface area (Å²) in [6.07, 6.45) is 7.68. The average molecular weight is 357 g/mol. The van der Waals surface area contributed by atoms with Gasteiger partial charge in [0.2, 0.25) is 0 Å². The van der Waals surface area contributed by atoms with Crippen LogP contribution in [0.25, 0.3) is 0 Å². The topological polar surface area (TPSA) is 34.1 Å². The summed E-state index contributed by atoms with van der Waals surface area (Å²) in [5, 5.41) is 0. The Hall–Kier alpha value is -1.96. The van der Waals surface area contributed by atoms with Crippen molar-refractivity contribution in [3.8, 4) is 0 Å². The molecule has 0 spiro atoms. The molecule has 0 aliphatic rings. The highest BCUT2D eigenvalue weighted by Gasteiger charge is 2.20. The molecule has 0 amide bonds. The first-order valence-corrected chi connectivity index (χ1v) is 9.25. The van der Waals surface area contributed by atoms with E-state index in [0.717, 1.165) is 36.6 Å². The van der Waals surface area contributed by atoms with E-state index in [4.69, 9.17) is 0 Å². The lowest BCUT2D eigenvalue weighted by atomic mass is 9.82. The Morgan fingerprint density at radius 1 is 0.885 bits per heavy atom. The molecular weight excluding hydrogens is 320 g/mol. The molecule has 0 bridgehead atoms. The predicted octanol–water partition coefficient (Wildman–Crippen LogP) is 6.34. The van der Waals surface area contributed by atoms with Gasteiger partial charge in [-0.05, 0) is 70.1 Å². The van der Waals surface area contributed by atoms with Crippen LogP contribution in [-0.4, -0.2) is 12.6 Å². The molecule has 0 aliphatic heterocycles. The number of hydrogen-bond acceptors (Lipinski definition) is 2. The highest BCUT2D eigenvalue weighted by molar-refractivity contribution is 5.67. The van der Waals surface area contributed by atoms with Crippen LogP contribution >= 0.6 is 0 Å². The Morgan fingerprint density at radius 3 is 1.77 bits per heavy atom. The number of carbonyl (C=O) groups is 2. The highest BCUT2D eigenvalue weighted by atomic mass is 16.1. The summed E-state index contributed by atoms with van der Waals surface area (Å²) in [6.45, 7) is 16.6. The van der Waals surface area contributed by atoms with Crippen LogP contribution in [0, 0.1) is 0 Å². The first-order chi connectivity index (χ1) is 11.9. The summed E-state index contributed by atoms with van der Waals surface area (Å²) < 4.78 is 0. The maximum atomic E-state index is 10.9. The molecule has 0 aliphatic carbocycles. The molecular formula is C24H36O2. The maximum absolute atomic E-state index is 10.9. The molecule has 2 nitrogen and oxygen atoms in total. The number of aldehydes is 2. The Kier molecular flexibility index (Phi) is 10.1. The third-order valence-electron chi connectivity index (χ3n) is 4.23. The molecule has 1 aromatic rings. The zero-order valence-electron chi connectivity index (χ0n) is 17.8. The second-order valence-electron chi connectivity index (χ2n) is 8.64. The van der Waals surface area contributed by atoms with Gasteiger partial charge in [0, 0.05) is 5.41 Å². The van der Waals surface area contributed by atoms with E-state index in [9.17, 15) is 9.59 Å². The molecule has 0 unspecified atom stereocenters. The van der Waals surface area contributed by atoms with Gasteiger partial charge in [-0.15, -0.1) is 0 Å². The van der Waals surface area contributed by atoms with Gasteiger partial charge in [-0.25, -0.2) is 0 Å². The molecule has 144 valence electrons. The van der Waals surface area contributed by atoms with Crippen molar-refractivity contribution >= 4 is 12.6 Å². The second-order valence-corrected chi connectivity index (χ2v) is 8.64. The Balaban J connectivity index is 0.000000508. The minimum Gasteiger partial charge on any atom is -0.302 e. The van der Waals surface area contributed by atoms with Crippen molar-refractivity contribution in [1.29, 1.82) is 0 Å². The first kappa shape index (κ1) is 24.0. The van der Waals surface area contributed by atoms with Gasteiger partial charge >= 0.3 is 0 Å². The second kappa shape index (κ2) is 10.9. The minimum atomic E-state index is -0.379. The quantitative estimate of drug-likeness (QED) is 0.338. The fourth-order valence-electron chi connectivity index (χ4n) is 2.26. The van der Waals surface area contributed by atoms with E-state index in [-0.39, 0.29) is 10.8 Å². The van der Waals surface area contributed by atoms with Crippen LogP contribution in [0.1, 0.15) is 79.4 Å². The number of benzene rings is 1. The van der Waals surface area contributed by atoms with Gasteiger partial charge in [-0.2, -0.15) is 0 Å². The zero-order chi connectivity index (χ0) is 20.4. The van der Waals surface area contributed by atoms with E-state index in [1.54, 1.807) is 6.08 Å². The lowest BCUT2D eigenvalue weighted by Crippen LogP contribution is -2.19. The monoisotopic (exact) mass is 356 g/mol. The number of rotatable bonds is 6. The van der Waals surface area contributed by atoms with Crippen LogP contribution in [0.15, 0.2) is 47.6 Å². The molecule has 0 N–H and O–H groups in total. The van der Waals surface area contributed by atoms with Crippen LogP contribution in [-0.2, 0) is 20.4 Å². The molecule has 0 aromatic heterocycles. The molecule has 1 rings (SSSR count). The fourth-order valence-corrected chi connectivity index (χ4v) is 2.26. The lowest BCUT2D eigenvalue weighted by molar-refractivity contribution is -0.111. The summed E-state index contributed by atoms with van der Waals surface area (Å²) in [5.41, 5.74) is 4.65. The Labute approximate surface area is 160 Å². The van der Waals surface area contributed by atoms with Gasteiger partial charge < -0.3 is 4.79 Å². The number of carbonyl (C=O) groups excluding carboxylic acids is 2. The minimum absolute atomic E-state index is 0.170. The van der Waals surface area contributed by atoms with Crippen molar-refractivity contribution in [2.45, 2.75) is 79.1 Å². The molecule has 26 heavy (non-hydrogen) atoms. The predicted molar refractivity (Wildman–Crippen MR) is 113 cm³/mol. The molecule has 0 heterocycles. The third kappa shape index (κ3) is 9.50. The summed E-state index contributed by atoms with van der Waals surface area (Å²) in [4.78, 5) is 20.9. The molecule has 0 radical (unpaired) electrons. The largest absolute Gasteiger partial charge is 0.302 e. The maximum Gasteiger partial charge on any atom is 0.142 e. The Bertz CT molecular complexity index is 619. The number of hydrogen-bond donors (Lipinski definition) is 0. The van der Waals surface area contributed by atoms with Crippen LogP contribution in [0.5, 0.6) is 0 Å². The van der Waals surface area contributed by atoms with E-state index in [2.05, 4.69) is 65.0 Å². The third-order valence-corrected chi connectivity index (χ3v) is 4.23. The van der Waals surface area contributed by atoms with Crippen molar-refractivity contribution in [2.75, 3.05) is 0 Å². The first-order valence-electron chi connectivity index (χ1n) is 9.25. The highest BCUT2D eigenvalue weighted by Crippen LogP contribution is 2.26. The van der Waals surface area contributed by atoms with E-state index in [1.165, 1.54) is 11.1 Å². The SMILES string of the molecule is CC(C)(C)c1ccc(C(C)(C)C=O)cc1.CC(C)=CCCC(C)=CC=O. The van der Waals surface area contributed by atoms with Gasteiger partial charge in [0.15, 0.2) is 0 Å². The van der Waals surface area contributed by atoms with E-state index in [1.807, 2.05) is 20.8 Å². The van der Waals surface area contributed by atoms with Crippen LogP contribution in [0.4, 0.5) is 0 Å². The van der Waals surface area contributed by atoms with Crippen LogP contribution in [0.2, 0.25) is 0 Å². The van der Waals surface area contributed by atoms with Crippen LogP contribution < -0.4 is 0 Å². The molecule has 1 aromatic carbocycles. The normalized spacial score (nSPS) is 11.9. The van der Waals surface area contributed by atoms with Crippen LogP contribution in [0.3, 0.4) is 0 Å². The molecule has 0 fully saturated rings. The van der Waals surface area contributed by atoms with Crippen molar-refractivity contribution in [2.24, 2.45) is 0 Å². The van der Waals surface area contributed by atoms with Gasteiger partial charge in [-0.1, -0.05) is 62.3 Å². The van der Waals surface area contributed by atoms with E-state index >= 15 is 0 Å². The van der Waals surface area contributed by atoms with E-state index < -0.39 is 0 Å². The molecule has 0 saturated heterocycles. The van der Waals surface area contributed by atoms with Gasteiger partial charge in [0.25, 0.3) is 0 Å². The van der Waals surface area contributed by atoms with Crippen molar-refractivity contribution in [3.63, 3.8) is 0 Å². The lowest BCUT2D eigenvalue weighted by Gasteiger charge is -2.22. The summed E-state index contributed by atoms with van der Waals surface area (Å²) in [6, 6.07) is 8.32. The zero-order valence-corrected chi connectivity index (χ0v) is 17.8. The summed E-state index contributed by atoms with van der Waals surface area (Å²) in [5.74, 6) is 0. The average Bonchev–Trinajstić information content (AvgIpc) is 2.54. The van der Waals surface area contributed by atoms with Crippen molar-refractivity contribution in [1.82, 2.24) is 0 Å². The molecule has 2 heteroatoms. The summed E-state index contributed by atoms with van der Waals surface area (Å²) >= 11 is 0. The smallest absolute Gasteiger partial charge is 0.142 e. The van der Waals surface area contributed by atoms with Gasteiger partial charge in [0.1, 0.15) is 12.6 Å². The van der Waals surface area contributed by atoms with Crippen molar-refractivity contribution in [3.05, 3.63) is 58.7 Å².